The van der Waals surface area contributed by atoms with Gasteiger partial charge < -0.3 is 9.84 Å². The van der Waals surface area contributed by atoms with E-state index in [1.165, 1.54) is 30.3 Å². The van der Waals surface area contributed by atoms with Gasteiger partial charge in [0.15, 0.2) is 0 Å². The van der Waals surface area contributed by atoms with Crippen molar-refractivity contribution in [2.45, 2.75) is 24.3 Å². The molecule has 9 nitrogen and oxygen atoms in total. The number of aromatic nitrogens is 2. The first kappa shape index (κ1) is 20.7. The summed E-state index contributed by atoms with van der Waals surface area (Å²) in [5.74, 6) is 0.0292. The van der Waals surface area contributed by atoms with Crippen LogP contribution in [0.1, 0.15) is 30.8 Å². The van der Waals surface area contributed by atoms with Gasteiger partial charge in [-0.2, -0.15) is 4.98 Å². The lowest BCUT2D eigenvalue weighted by atomic mass is 10.2. The van der Waals surface area contributed by atoms with Crippen molar-refractivity contribution in [1.29, 1.82) is 0 Å². The largest absolute Gasteiger partial charge is 0.345 e. The van der Waals surface area contributed by atoms with Crippen LogP contribution in [0.5, 0.6) is 0 Å². The quantitative estimate of drug-likeness (QED) is 0.601. The third-order valence-electron chi connectivity index (χ3n) is 4.56. The molecule has 1 aliphatic rings. The summed E-state index contributed by atoms with van der Waals surface area (Å²) in [7, 11) is -3.61. The number of halogens is 1. The van der Waals surface area contributed by atoms with E-state index in [1.54, 1.807) is 25.1 Å². The van der Waals surface area contributed by atoms with Gasteiger partial charge in [0.05, 0.1) is 11.4 Å². The van der Waals surface area contributed by atoms with Gasteiger partial charge in [0.1, 0.15) is 17.7 Å². The van der Waals surface area contributed by atoms with Crippen LogP contribution in [-0.4, -0.2) is 36.8 Å². The Hall–Kier alpha value is -3.60. The summed E-state index contributed by atoms with van der Waals surface area (Å²) in [6, 6.07) is 11.6. The Kier molecular flexibility index (Phi) is 5.51. The van der Waals surface area contributed by atoms with Crippen molar-refractivity contribution in [2.75, 3.05) is 6.54 Å². The topological polar surface area (TPSA) is 127 Å². The fourth-order valence-corrected chi connectivity index (χ4v) is 4.27. The molecule has 1 unspecified atom stereocenters. The van der Waals surface area contributed by atoms with E-state index in [1.807, 2.05) is 0 Å². The van der Waals surface area contributed by atoms with Gasteiger partial charge in [0.25, 0.3) is 10.0 Å². The zero-order chi connectivity index (χ0) is 22.0. The molecule has 0 aliphatic carbocycles. The van der Waals surface area contributed by atoms with Crippen LogP contribution >= 0.6 is 0 Å². The van der Waals surface area contributed by atoms with Crippen LogP contribution in [0.15, 0.2) is 62.9 Å². The highest BCUT2D eigenvalue weighted by atomic mass is 32.2. The third-order valence-corrected chi connectivity index (χ3v) is 5.96. The normalized spacial score (nSPS) is 16.5. The zero-order valence-corrected chi connectivity index (χ0v) is 17.2. The van der Waals surface area contributed by atoms with Crippen LogP contribution in [0.4, 0.5) is 4.39 Å². The van der Waals surface area contributed by atoms with E-state index in [9.17, 15) is 17.6 Å². The number of sulfonamides is 1. The molecule has 4 rings (SSSR count). The number of aliphatic imine (C=N–C) groups is 1. The summed E-state index contributed by atoms with van der Waals surface area (Å²) in [6.07, 6.45) is 0.0384. The molecule has 0 fully saturated rings. The van der Waals surface area contributed by atoms with E-state index in [4.69, 9.17) is 4.52 Å². The summed E-state index contributed by atoms with van der Waals surface area (Å²) in [6.45, 7) is 1.78. The lowest BCUT2D eigenvalue weighted by molar-refractivity contribution is -0.121. The van der Waals surface area contributed by atoms with Gasteiger partial charge in [0.2, 0.25) is 17.6 Å². The van der Waals surface area contributed by atoms with Crippen LogP contribution in [0.2, 0.25) is 0 Å². The summed E-state index contributed by atoms with van der Waals surface area (Å²) >= 11 is 0. The number of carbonyl (C=O) groups is 1. The van der Waals surface area contributed by atoms with Crippen LogP contribution < -0.4 is 10.0 Å². The minimum atomic E-state index is -3.61. The predicted molar refractivity (Wildman–Crippen MR) is 109 cm³/mol. The molecule has 0 saturated heterocycles. The van der Waals surface area contributed by atoms with Crippen LogP contribution in [-0.2, 0) is 14.8 Å². The Morgan fingerprint density at radius 3 is 2.74 bits per heavy atom. The second kappa shape index (κ2) is 8.26. The number of carbonyl (C=O) groups excluding carboxylic acids is 1. The molecule has 0 radical (unpaired) electrons. The molecule has 31 heavy (non-hydrogen) atoms. The monoisotopic (exact) mass is 443 g/mol. The number of hydrogen-bond acceptors (Lipinski definition) is 7. The Bertz CT molecular complexity index is 1250. The fourth-order valence-electron chi connectivity index (χ4n) is 3.02. The van der Waals surface area contributed by atoms with Crippen molar-refractivity contribution in [2.24, 2.45) is 4.99 Å². The van der Waals surface area contributed by atoms with Crippen molar-refractivity contribution in [3.05, 3.63) is 65.8 Å². The number of benzene rings is 2. The number of amidine groups is 1. The minimum Gasteiger partial charge on any atom is -0.345 e. The Morgan fingerprint density at radius 2 is 1.97 bits per heavy atom. The number of fused-ring (bicyclic) bond motifs is 1. The molecule has 2 heterocycles. The standard InChI is InChI=1S/C20H18FN5O4S/c1-12(20-24-18(25-30-20)13-6-8-14(21)9-7-13)23-17(27)10-11-22-19-15-4-2-3-5-16(15)31(28,29)26-19/h2-9,12H,10-11H2,1H3,(H,22,26)(H,23,27). The van der Waals surface area contributed by atoms with Gasteiger partial charge in [-0.25, -0.2) is 12.8 Å². The van der Waals surface area contributed by atoms with Gasteiger partial charge in [-0.3, -0.25) is 14.5 Å². The molecule has 0 saturated carbocycles. The molecule has 2 aromatic carbocycles. The maximum Gasteiger partial charge on any atom is 0.263 e. The van der Waals surface area contributed by atoms with Crippen molar-refractivity contribution < 1.29 is 22.1 Å². The number of rotatable bonds is 6. The second-order valence-corrected chi connectivity index (χ2v) is 8.49. The van der Waals surface area contributed by atoms with E-state index in [-0.39, 0.29) is 47.1 Å². The second-order valence-electron chi connectivity index (χ2n) is 6.83. The van der Waals surface area contributed by atoms with Crippen molar-refractivity contribution in [3.63, 3.8) is 0 Å². The SMILES string of the molecule is CC(NC(=O)CCN=C1NS(=O)(=O)c2ccccc21)c1nc(-c2ccc(F)cc2)no1. The molecule has 160 valence electrons. The van der Waals surface area contributed by atoms with Crippen LogP contribution in [0, 0.1) is 5.82 Å². The van der Waals surface area contributed by atoms with E-state index in [0.717, 1.165) is 0 Å². The fraction of sp³-hybridized carbons (Fsp3) is 0.200. The molecule has 3 aromatic rings. The van der Waals surface area contributed by atoms with Crippen molar-refractivity contribution >= 4 is 21.8 Å². The van der Waals surface area contributed by atoms with E-state index < -0.39 is 16.1 Å². The molecule has 1 atom stereocenters. The van der Waals surface area contributed by atoms with Gasteiger partial charge in [-0.1, -0.05) is 17.3 Å². The van der Waals surface area contributed by atoms with Crippen LogP contribution in [0.25, 0.3) is 11.4 Å². The first-order chi connectivity index (χ1) is 14.8. The van der Waals surface area contributed by atoms with Gasteiger partial charge >= 0.3 is 0 Å². The lowest BCUT2D eigenvalue weighted by Gasteiger charge is -2.08. The van der Waals surface area contributed by atoms with Crippen molar-refractivity contribution in [3.8, 4) is 11.4 Å². The first-order valence-corrected chi connectivity index (χ1v) is 10.9. The molecule has 1 amide bonds. The smallest absolute Gasteiger partial charge is 0.263 e. The highest BCUT2D eigenvalue weighted by Gasteiger charge is 2.30. The molecule has 0 bridgehead atoms. The molecule has 0 spiro atoms. The third kappa shape index (κ3) is 4.45. The summed E-state index contributed by atoms with van der Waals surface area (Å²) < 4.78 is 44.8. The number of amides is 1. The van der Waals surface area contributed by atoms with E-state index in [0.29, 0.717) is 11.1 Å². The Labute approximate surface area is 177 Å². The number of nitrogens with one attached hydrogen (secondary N) is 2. The summed E-state index contributed by atoms with van der Waals surface area (Å²) in [4.78, 5) is 20.8. The molecule has 1 aromatic heterocycles. The average molecular weight is 443 g/mol. The zero-order valence-electron chi connectivity index (χ0n) is 16.4. The predicted octanol–water partition coefficient (Wildman–Crippen LogP) is 2.18. The summed E-state index contributed by atoms with van der Waals surface area (Å²) in [5.41, 5.74) is 1.07. The first-order valence-electron chi connectivity index (χ1n) is 9.39. The average Bonchev–Trinajstić information content (AvgIpc) is 3.32. The number of nitrogens with zero attached hydrogens (tertiary/aromatic N) is 3. The maximum atomic E-state index is 13.0. The van der Waals surface area contributed by atoms with Crippen LogP contribution in [0.3, 0.4) is 0 Å². The van der Waals surface area contributed by atoms with Gasteiger partial charge in [0, 0.05) is 17.5 Å². The van der Waals surface area contributed by atoms with Crippen molar-refractivity contribution in [1.82, 2.24) is 20.2 Å². The lowest BCUT2D eigenvalue weighted by Crippen LogP contribution is -2.28. The minimum absolute atomic E-state index is 0.0384. The molecule has 2 N–H and O–H groups in total. The van der Waals surface area contributed by atoms with E-state index >= 15 is 0 Å². The molecular weight excluding hydrogens is 425 g/mol. The molecule has 11 heteroatoms. The van der Waals surface area contributed by atoms with Gasteiger partial charge in [-0.15, -0.1) is 0 Å². The summed E-state index contributed by atoms with van der Waals surface area (Å²) in [5, 5.41) is 6.57. The maximum absolute atomic E-state index is 13.0. The molecular formula is C20H18FN5O4S. The Balaban J connectivity index is 1.35. The number of hydrogen-bond donors (Lipinski definition) is 2. The van der Waals surface area contributed by atoms with E-state index in [2.05, 4.69) is 25.2 Å². The van der Waals surface area contributed by atoms with Gasteiger partial charge in [-0.05, 0) is 43.3 Å². The Morgan fingerprint density at radius 1 is 1.23 bits per heavy atom. The highest BCUT2D eigenvalue weighted by molar-refractivity contribution is 7.90. The highest BCUT2D eigenvalue weighted by Crippen LogP contribution is 2.22. The molecule has 1 aliphatic heterocycles.